The molecular formula is C11H7BrN4O. The summed E-state index contributed by atoms with van der Waals surface area (Å²) in [6.07, 6.45) is 0. The number of nitrogens with one attached hydrogen (secondary N) is 1. The molecule has 2 rings (SSSR count). The first-order valence-electron chi connectivity index (χ1n) is 4.67. The molecule has 6 heteroatoms. The zero-order valence-electron chi connectivity index (χ0n) is 8.57. The molecule has 0 spiro atoms. The van der Waals surface area contributed by atoms with Crippen molar-refractivity contribution in [1.29, 1.82) is 5.26 Å². The molecule has 0 unspecified atom stereocenters. The van der Waals surface area contributed by atoms with Gasteiger partial charge in [0, 0.05) is 10.0 Å². The minimum Gasteiger partial charge on any atom is -0.364 e. The summed E-state index contributed by atoms with van der Waals surface area (Å²) in [5.74, 6) is -0.274. The second-order valence-electron chi connectivity index (χ2n) is 3.29. The first-order valence-corrected chi connectivity index (χ1v) is 5.47. The maximum absolute atomic E-state index is 11.1. The SMILES string of the molecule is N#Cc1[nH]c(-c2ccc(Br)cc2)nc1C(N)=O. The first-order chi connectivity index (χ1) is 8.11. The Kier molecular flexibility index (Phi) is 2.93. The molecule has 0 saturated heterocycles. The van der Waals surface area contributed by atoms with Gasteiger partial charge in [-0.15, -0.1) is 0 Å². The summed E-state index contributed by atoms with van der Waals surface area (Å²) in [6.45, 7) is 0. The van der Waals surface area contributed by atoms with Crippen molar-refractivity contribution in [2.45, 2.75) is 0 Å². The van der Waals surface area contributed by atoms with Gasteiger partial charge in [0.05, 0.1) is 0 Å². The van der Waals surface area contributed by atoms with Gasteiger partial charge in [0.2, 0.25) is 0 Å². The van der Waals surface area contributed by atoms with Crippen LogP contribution in [0.1, 0.15) is 16.2 Å². The van der Waals surface area contributed by atoms with E-state index < -0.39 is 5.91 Å². The molecular weight excluding hydrogens is 284 g/mol. The summed E-state index contributed by atoms with van der Waals surface area (Å²) < 4.78 is 0.934. The Morgan fingerprint density at radius 3 is 2.53 bits per heavy atom. The molecule has 17 heavy (non-hydrogen) atoms. The molecule has 0 radical (unpaired) electrons. The molecule has 1 heterocycles. The molecule has 3 N–H and O–H groups in total. The van der Waals surface area contributed by atoms with Gasteiger partial charge >= 0.3 is 0 Å². The number of nitriles is 1. The summed E-state index contributed by atoms with van der Waals surface area (Å²) >= 11 is 3.32. The minimum absolute atomic E-state index is 0.0366. The number of aromatic amines is 1. The van der Waals surface area contributed by atoms with Gasteiger partial charge in [-0.2, -0.15) is 5.26 Å². The summed E-state index contributed by atoms with van der Waals surface area (Å²) in [5, 5.41) is 8.84. The lowest BCUT2D eigenvalue weighted by molar-refractivity contribution is 0.0996. The van der Waals surface area contributed by atoms with Crippen LogP contribution >= 0.6 is 15.9 Å². The highest BCUT2D eigenvalue weighted by molar-refractivity contribution is 9.10. The van der Waals surface area contributed by atoms with E-state index in [9.17, 15) is 4.79 Å². The summed E-state index contributed by atoms with van der Waals surface area (Å²) in [7, 11) is 0. The Balaban J connectivity index is 2.51. The normalized spacial score (nSPS) is 9.88. The summed E-state index contributed by atoms with van der Waals surface area (Å²) in [6, 6.07) is 9.16. The fourth-order valence-electron chi connectivity index (χ4n) is 1.38. The van der Waals surface area contributed by atoms with Crippen LogP contribution < -0.4 is 5.73 Å². The average molecular weight is 291 g/mol. The summed E-state index contributed by atoms with van der Waals surface area (Å²) in [4.78, 5) is 17.8. The average Bonchev–Trinajstić information content (AvgIpc) is 2.74. The van der Waals surface area contributed by atoms with Crippen LogP contribution in [0, 0.1) is 11.3 Å². The van der Waals surface area contributed by atoms with E-state index in [0.29, 0.717) is 5.82 Å². The van der Waals surface area contributed by atoms with Crippen LogP contribution in [0.2, 0.25) is 0 Å². The molecule has 0 aliphatic rings. The zero-order chi connectivity index (χ0) is 12.4. The number of nitrogens with zero attached hydrogens (tertiary/aromatic N) is 2. The lowest BCUT2D eigenvalue weighted by Gasteiger charge is -1.95. The zero-order valence-corrected chi connectivity index (χ0v) is 10.2. The van der Waals surface area contributed by atoms with Crippen molar-refractivity contribution in [3.63, 3.8) is 0 Å². The van der Waals surface area contributed by atoms with Gasteiger partial charge in [0.15, 0.2) is 11.4 Å². The number of imidazole rings is 1. The van der Waals surface area contributed by atoms with Crippen LogP contribution in [-0.4, -0.2) is 15.9 Å². The van der Waals surface area contributed by atoms with Crippen LogP contribution in [0.3, 0.4) is 0 Å². The van der Waals surface area contributed by atoms with Gasteiger partial charge in [-0.25, -0.2) is 4.98 Å². The molecule has 1 amide bonds. The predicted molar refractivity (Wildman–Crippen MR) is 65.0 cm³/mol. The highest BCUT2D eigenvalue weighted by atomic mass is 79.9. The van der Waals surface area contributed by atoms with Gasteiger partial charge in [-0.05, 0) is 12.1 Å². The molecule has 0 bridgehead atoms. The first kappa shape index (κ1) is 11.4. The number of primary amides is 1. The quantitative estimate of drug-likeness (QED) is 0.883. The molecule has 1 aromatic heterocycles. The smallest absolute Gasteiger partial charge is 0.270 e. The maximum atomic E-state index is 11.1. The van der Waals surface area contributed by atoms with Gasteiger partial charge in [0.1, 0.15) is 11.9 Å². The molecule has 1 aromatic carbocycles. The van der Waals surface area contributed by atoms with Crippen molar-refractivity contribution in [3.05, 3.63) is 40.1 Å². The van der Waals surface area contributed by atoms with Crippen molar-refractivity contribution in [3.8, 4) is 17.5 Å². The number of H-pyrrole nitrogens is 1. The lowest BCUT2D eigenvalue weighted by atomic mass is 10.2. The Bertz CT molecular complexity index is 609. The number of carbonyl (C=O) groups excluding carboxylic acids is 1. The van der Waals surface area contributed by atoms with Crippen molar-refractivity contribution < 1.29 is 4.79 Å². The fraction of sp³-hybridized carbons (Fsp3) is 0. The van der Waals surface area contributed by atoms with Crippen LogP contribution in [0.5, 0.6) is 0 Å². The molecule has 2 aromatic rings. The van der Waals surface area contributed by atoms with E-state index in [1.807, 2.05) is 30.3 Å². The Morgan fingerprint density at radius 2 is 2.06 bits per heavy atom. The van der Waals surface area contributed by atoms with Crippen molar-refractivity contribution in [2.75, 3.05) is 0 Å². The van der Waals surface area contributed by atoms with E-state index in [-0.39, 0.29) is 11.4 Å². The number of hydrogen-bond donors (Lipinski definition) is 2. The van der Waals surface area contributed by atoms with E-state index in [1.165, 1.54) is 0 Å². The lowest BCUT2D eigenvalue weighted by Crippen LogP contribution is -2.13. The largest absolute Gasteiger partial charge is 0.364 e. The van der Waals surface area contributed by atoms with Crippen LogP contribution in [0.15, 0.2) is 28.7 Å². The fourth-order valence-corrected chi connectivity index (χ4v) is 1.64. The topological polar surface area (TPSA) is 95.6 Å². The third-order valence-electron chi connectivity index (χ3n) is 2.17. The van der Waals surface area contributed by atoms with E-state index >= 15 is 0 Å². The van der Waals surface area contributed by atoms with Gasteiger partial charge in [-0.3, -0.25) is 4.79 Å². The molecule has 0 fully saturated rings. The number of hydrogen-bond acceptors (Lipinski definition) is 3. The molecule has 0 saturated carbocycles. The Labute approximate surface area is 105 Å². The number of carbonyl (C=O) groups is 1. The maximum Gasteiger partial charge on any atom is 0.270 e. The monoisotopic (exact) mass is 290 g/mol. The number of rotatable bonds is 2. The number of halogens is 1. The standard InChI is InChI=1S/C11H7BrN4O/c12-7-3-1-6(2-4-7)11-15-8(5-13)9(16-11)10(14)17/h1-4H,(H2,14,17)(H,15,16). The number of amides is 1. The van der Waals surface area contributed by atoms with E-state index in [1.54, 1.807) is 0 Å². The van der Waals surface area contributed by atoms with Crippen molar-refractivity contribution in [2.24, 2.45) is 5.73 Å². The molecule has 0 aliphatic carbocycles. The molecule has 5 nitrogen and oxygen atoms in total. The van der Waals surface area contributed by atoms with Crippen molar-refractivity contribution in [1.82, 2.24) is 9.97 Å². The second kappa shape index (κ2) is 4.39. The van der Waals surface area contributed by atoms with Gasteiger partial charge in [-0.1, -0.05) is 28.1 Å². The van der Waals surface area contributed by atoms with Gasteiger partial charge in [0.25, 0.3) is 5.91 Å². The number of nitrogens with two attached hydrogens (primary N) is 1. The Morgan fingerprint density at radius 1 is 1.41 bits per heavy atom. The number of aromatic nitrogens is 2. The van der Waals surface area contributed by atoms with Crippen LogP contribution in [-0.2, 0) is 0 Å². The Hall–Kier alpha value is -2.13. The number of benzene rings is 1. The van der Waals surface area contributed by atoms with Crippen molar-refractivity contribution >= 4 is 21.8 Å². The second-order valence-corrected chi connectivity index (χ2v) is 4.21. The third-order valence-corrected chi connectivity index (χ3v) is 2.70. The van der Waals surface area contributed by atoms with E-state index in [0.717, 1.165) is 10.0 Å². The highest BCUT2D eigenvalue weighted by Gasteiger charge is 2.15. The molecule has 0 aliphatic heterocycles. The van der Waals surface area contributed by atoms with Crippen LogP contribution in [0.25, 0.3) is 11.4 Å². The van der Waals surface area contributed by atoms with Gasteiger partial charge < -0.3 is 10.7 Å². The van der Waals surface area contributed by atoms with Crippen LogP contribution in [0.4, 0.5) is 0 Å². The minimum atomic E-state index is -0.721. The van der Waals surface area contributed by atoms with E-state index in [2.05, 4.69) is 25.9 Å². The molecule has 84 valence electrons. The predicted octanol–water partition coefficient (Wildman–Crippen LogP) is 1.81. The molecule has 0 atom stereocenters. The highest BCUT2D eigenvalue weighted by Crippen LogP contribution is 2.20. The third kappa shape index (κ3) is 2.19. The van der Waals surface area contributed by atoms with E-state index in [4.69, 9.17) is 11.0 Å². The summed E-state index contributed by atoms with van der Waals surface area (Å²) in [5.41, 5.74) is 5.94.